The minimum absolute atomic E-state index is 0.534. The van der Waals surface area contributed by atoms with Crippen molar-refractivity contribution in [2.45, 2.75) is 65.3 Å². The fourth-order valence-electron chi connectivity index (χ4n) is 2.63. The third-order valence-electron chi connectivity index (χ3n) is 4.41. The fraction of sp³-hybridized carbons (Fsp3) is 1.00. The Bertz CT molecular complexity index is 195. The van der Waals surface area contributed by atoms with Gasteiger partial charge in [-0.15, -0.1) is 0 Å². The highest BCUT2D eigenvalue weighted by atomic mass is 15.1. The third kappa shape index (κ3) is 5.39. The first-order valence-electron chi connectivity index (χ1n) is 7.51. The molecule has 1 heterocycles. The van der Waals surface area contributed by atoms with Crippen LogP contribution in [-0.2, 0) is 0 Å². The Kier molecular flexibility index (Phi) is 6.50. The summed E-state index contributed by atoms with van der Waals surface area (Å²) in [7, 11) is 2.24. The summed E-state index contributed by atoms with van der Waals surface area (Å²) in [5, 5.41) is 3.81. The summed E-state index contributed by atoms with van der Waals surface area (Å²) in [6.07, 6.45) is 8.01. The quantitative estimate of drug-likeness (QED) is 0.735. The second-order valence-corrected chi connectivity index (χ2v) is 6.24. The van der Waals surface area contributed by atoms with Crippen LogP contribution in [0.3, 0.4) is 0 Å². The van der Waals surface area contributed by atoms with E-state index in [1.807, 2.05) is 0 Å². The first-order valence-corrected chi connectivity index (χ1v) is 7.51. The van der Waals surface area contributed by atoms with Gasteiger partial charge in [-0.25, -0.2) is 0 Å². The van der Waals surface area contributed by atoms with Crippen LogP contribution in [0.1, 0.15) is 59.3 Å². The molecule has 1 rings (SSSR count). The molecule has 0 saturated carbocycles. The van der Waals surface area contributed by atoms with E-state index in [0.717, 1.165) is 6.04 Å². The van der Waals surface area contributed by atoms with Crippen LogP contribution in [0.5, 0.6) is 0 Å². The lowest BCUT2D eigenvalue weighted by molar-refractivity contribution is 0.132. The predicted molar refractivity (Wildman–Crippen MR) is 76.4 cm³/mol. The molecule has 0 aromatic carbocycles. The molecular weight excluding hydrogens is 208 g/mol. The molecule has 17 heavy (non-hydrogen) atoms. The maximum atomic E-state index is 3.81. The zero-order valence-electron chi connectivity index (χ0n) is 12.4. The summed E-state index contributed by atoms with van der Waals surface area (Å²) in [6.45, 7) is 10.8. The van der Waals surface area contributed by atoms with E-state index in [2.05, 4.69) is 38.0 Å². The number of nitrogens with zero attached hydrogens (tertiary/aromatic N) is 1. The monoisotopic (exact) mass is 240 g/mol. The van der Waals surface area contributed by atoms with Crippen LogP contribution in [0.2, 0.25) is 0 Å². The van der Waals surface area contributed by atoms with Gasteiger partial charge in [0.2, 0.25) is 0 Å². The molecule has 1 aliphatic heterocycles. The maximum absolute atomic E-state index is 3.81. The molecule has 0 bridgehead atoms. The maximum Gasteiger partial charge on any atom is 0.00646 e. The Balaban J connectivity index is 2.27. The predicted octanol–water partition coefficient (Wildman–Crippen LogP) is 3.28. The lowest BCUT2D eigenvalue weighted by Crippen LogP contribution is -2.44. The molecule has 1 unspecified atom stereocenters. The Morgan fingerprint density at radius 3 is 2.41 bits per heavy atom. The smallest absolute Gasteiger partial charge is 0.00646 e. The molecule has 2 nitrogen and oxygen atoms in total. The highest BCUT2D eigenvalue weighted by Gasteiger charge is 2.28. The lowest BCUT2D eigenvalue weighted by atomic mass is 9.80. The van der Waals surface area contributed by atoms with Gasteiger partial charge in [0.15, 0.2) is 0 Å². The van der Waals surface area contributed by atoms with Gasteiger partial charge in [0.05, 0.1) is 0 Å². The Morgan fingerprint density at radius 1 is 1.24 bits per heavy atom. The molecular formula is C15H32N2. The summed E-state index contributed by atoms with van der Waals surface area (Å²) in [5.74, 6) is 0. The molecule has 1 fully saturated rings. The first kappa shape index (κ1) is 15.0. The summed E-state index contributed by atoms with van der Waals surface area (Å²) in [4.78, 5) is 2.45. The minimum Gasteiger partial charge on any atom is -0.313 e. The van der Waals surface area contributed by atoms with Gasteiger partial charge in [0, 0.05) is 12.6 Å². The van der Waals surface area contributed by atoms with Gasteiger partial charge in [-0.2, -0.15) is 0 Å². The average Bonchev–Trinajstić information content (AvgIpc) is 2.34. The van der Waals surface area contributed by atoms with Crippen molar-refractivity contribution in [1.29, 1.82) is 0 Å². The van der Waals surface area contributed by atoms with Crippen LogP contribution >= 0.6 is 0 Å². The highest BCUT2D eigenvalue weighted by molar-refractivity contribution is 4.84. The van der Waals surface area contributed by atoms with E-state index in [-0.39, 0.29) is 0 Å². The van der Waals surface area contributed by atoms with Crippen LogP contribution in [-0.4, -0.2) is 37.6 Å². The number of likely N-dealkylation sites (tertiary alicyclic amines) is 1. The molecule has 0 aromatic rings. The number of piperidine rings is 1. The van der Waals surface area contributed by atoms with Crippen molar-refractivity contribution in [3.63, 3.8) is 0 Å². The van der Waals surface area contributed by atoms with Crippen LogP contribution in [0.4, 0.5) is 0 Å². The zero-order valence-corrected chi connectivity index (χ0v) is 12.4. The summed E-state index contributed by atoms with van der Waals surface area (Å²) in [5.41, 5.74) is 0.534. The first-order chi connectivity index (χ1) is 8.09. The summed E-state index contributed by atoms with van der Waals surface area (Å²) >= 11 is 0. The fourth-order valence-corrected chi connectivity index (χ4v) is 2.63. The standard InChI is InChI=1S/C15H32N2/c1-5-7-8-14(6-2)16-13-15(3)9-11-17(4)12-10-15/h14,16H,5-13H2,1-4H3. The van der Waals surface area contributed by atoms with E-state index < -0.39 is 0 Å². The average molecular weight is 240 g/mol. The van der Waals surface area contributed by atoms with E-state index in [0.29, 0.717) is 5.41 Å². The van der Waals surface area contributed by atoms with E-state index in [4.69, 9.17) is 0 Å². The SMILES string of the molecule is CCCCC(CC)NCC1(C)CCN(C)CC1. The van der Waals surface area contributed by atoms with Gasteiger partial charge in [-0.05, 0) is 51.2 Å². The van der Waals surface area contributed by atoms with Gasteiger partial charge < -0.3 is 10.2 Å². The second kappa shape index (κ2) is 7.38. The van der Waals surface area contributed by atoms with Gasteiger partial charge in [-0.3, -0.25) is 0 Å². The van der Waals surface area contributed by atoms with Crippen molar-refractivity contribution in [1.82, 2.24) is 10.2 Å². The number of rotatable bonds is 7. The van der Waals surface area contributed by atoms with Crippen LogP contribution in [0.15, 0.2) is 0 Å². The number of nitrogens with one attached hydrogen (secondary N) is 1. The third-order valence-corrected chi connectivity index (χ3v) is 4.41. The molecule has 0 aliphatic carbocycles. The van der Waals surface area contributed by atoms with E-state index in [9.17, 15) is 0 Å². The largest absolute Gasteiger partial charge is 0.313 e. The van der Waals surface area contributed by atoms with Crippen molar-refractivity contribution in [2.75, 3.05) is 26.7 Å². The van der Waals surface area contributed by atoms with Crippen molar-refractivity contribution in [2.24, 2.45) is 5.41 Å². The van der Waals surface area contributed by atoms with E-state index >= 15 is 0 Å². The summed E-state index contributed by atoms with van der Waals surface area (Å²) < 4.78 is 0. The number of unbranched alkanes of at least 4 members (excludes halogenated alkanes) is 1. The molecule has 0 aromatic heterocycles. The number of hydrogen-bond donors (Lipinski definition) is 1. The van der Waals surface area contributed by atoms with Crippen molar-refractivity contribution in [3.8, 4) is 0 Å². The van der Waals surface area contributed by atoms with Gasteiger partial charge >= 0.3 is 0 Å². The second-order valence-electron chi connectivity index (χ2n) is 6.24. The highest BCUT2D eigenvalue weighted by Crippen LogP contribution is 2.29. The van der Waals surface area contributed by atoms with E-state index in [1.165, 1.54) is 58.2 Å². The van der Waals surface area contributed by atoms with Gasteiger partial charge in [-0.1, -0.05) is 33.6 Å². The molecule has 0 radical (unpaired) electrons. The van der Waals surface area contributed by atoms with E-state index in [1.54, 1.807) is 0 Å². The Morgan fingerprint density at radius 2 is 1.88 bits per heavy atom. The Hall–Kier alpha value is -0.0800. The zero-order chi connectivity index (χ0) is 12.7. The van der Waals surface area contributed by atoms with Crippen LogP contribution in [0, 0.1) is 5.41 Å². The van der Waals surface area contributed by atoms with Crippen molar-refractivity contribution in [3.05, 3.63) is 0 Å². The van der Waals surface area contributed by atoms with Crippen molar-refractivity contribution >= 4 is 0 Å². The summed E-state index contributed by atoms with van der Waals surface area (Å²) in [6, 6.07) is 0.742. The molecule has 2 heteroatoms. The topological polar surface area (TPSA) is 15.3 Å². The molecule has 1 atom stereocenters. The molecule has 0 amide bonds. The molecule has 1 aliphatic rings. The molecule has 1 N–H and O–H groups in total. The normalized spacial score (nSPS) is 22.6. The Labute approximate surface area is 108 Å². The molecule has 0 spiro atoms. The minimum atomic E-state index is 0.534. The number of hydrogen-bond acceptors (Lipinski definition) is 2. The van der Waals surface area contributed by atoms with Crippen molar-refractivity contribution < 1.29 is 0 Å². The van der Waals surface area contributed by atoms with Crippen LogP contribution in [0.25, 0.3) is 0 Å². The van der Waals surface area contributed by atoms with Gasteiger partial charge in [0.25, 0.3) is 0 Å². The lowest BCUT2D eigenvalue weighted by Gasteiger charge is -2.39. The molecule has 102 valence electrons. The van der Waals surface area contributed by atoms with Gasteiger partial charge in [0.1, 0.15) is 0 Å². The van der Waals surface area contributed by atoms with Crippen LogP contribution < -0.4 is 5.32 Å². The molecule has 1 saturated heterocycles.